The Morgan fingerprint density at radius 2 is 2.03 bits per heavy atom. The molecule has 0 aromatic rings. The minimum Gasteiger partial charge on any atom is -0.466 e. The average molecular weight is 495 g/mol. The molecule has 0 saturated carbocycles. The Balaban J connectivity index is 1.97. The number of carbonyl (C=O) groups excluding carboxylic acids is 3. The summed E-state index contributed by atoms with van der Waals surface area (Å²) < 4.78 is 4.80. The van der Waals surface area contributed by atoms with Crippen molar-refractivity contribution >= 4 is 29.5 Å². The molecule has 34 heavy (non-hydrogen) atoms. The molecule has 8 heteroatoms. The normalized spacial score (nSPS) is 31.6. The van der Waals surface area contributed by atoms with Gasteiger partial charge in [-0.3, -0.25) is 14.4 Å². The molecule has 0 aliphatic carbocycles. The molecule has 1 N–H and O–H groups in total. The second-order valence-electron chi connectivity index (χ2n) is 9.90. The maximum absolute atomic E-state index is 14.2. The van der Waals surface area contributed by atoms with Crippen LogP contribution in [0.25, 0.3) is 0 Å². The molecule has 3 unspecified atom stereocenters. The van der Waals surface area contributed by atoms with Crippen molar-refractivity contribution in [3.63, 3.8) is 0 Å². The number of fused-ring (bicyclic) bond motifs is 1. The van der Waals surface area contributed by atoms with Crippen LogP contribution < -0.4 is 0 Å². The second kappa shape index (κ2) is 11.9. The predicted molar refractivity (Wildman–Crippen MR) is 134 cm³/mol. The third-order valence-corrected chi connectivity index (χ3v) is 9.86. The van der Waals surface area contributed by atoms with Gasteiger partial charge in [-0.2, -0.15) is 0 Å². The average Bonchev–Trinajstić information content (AvgIpc) is 3.40. The molecule has 0 aromatic heterocycles. The van der Waals surface area contributed by atoms with E-state index in [0.29, 0.717) is 26.1 Å². The van der Waals surface area contributed by atoms with Gasteiger partial charge in [0, 0.05) is 31.5 Å². The van der Waals surface area contributed by atoms with Gasteiger partial charge in [0.05, 0.1) is 23.2 Å². The smallest absolute Gasteiger partial charge is 0.310 e. The van der Waals surface area contributed by atoms with Crippen molar-refractivity contribution in [3.8, 4) is 0 Å². The predicted octanol–water partition coefficient (Wildman–Crippen LogP) is 3.25. The van der Waals surface area contributed by atoms with Crippen LogP contribution in [0.4, 0.5) is 0 Å². The van der Waals surface area contributed by atoms with E-state index in [1.54, 1.807) is 29.7 Å². The molecule has 1 spiro atoms. The Hall–Kier alpha value is -1.54. The van der Waals surface area contributed by atoms with Gasteiger partial charge in [0.1, 0.15) is 6.04 Å². The van der Waals surface area contributed by atoms with E-state index in [1.165, 1.54) is 0 Å². The molecule has 2 bridgehead atoms. The molecule has 0 aromatic carbocycles. The van der Waals surface area contributed by atoms with E-state index in [9.17, 15) is 19.5 Å². The Kier molecular flexibility index (Phi) is 9.49. The number of amides is 2. The molecule has 2 amide bonds. The molecule has 3 saturated heterocycles. The molecule has 0 radical (unpaired) electrons. The summed E-state index contributed by atoms with van der Waals surface area (Å²) in [6.45, 7) is 11.9. The largest absolute Gasteiger partial charge is 0.466 e. The van der Waals surface area contributed by atoms with Gasteiger partial charge in [-0.25, -0.2) is 0 Å². The SMILES string of the molecule is C=CCN(CCCCC)C(=O)C1N(CCCCCO)C(=O)[C@@H]2[C@H](C(=O)OCC)[C@@H]3CC(C)C12S3. The van der Waals surface area contributed by atoms with Crippen molar-refractivity contribution in [2.45, 2.75) is 81.8 Å². The summed E-state index contributed by atoms with van der Waals surface area (Å²) in [5.41, 5.74) is 0. The minimum absolute atomic E-state index is 0.0153. The number of hydrogen-bond donors (Lipinski definition) is 1. The zero-order valence-corrected chi connectivity index (χ0v) is 21.9. The van der Waals surface area contributed by atoms with Crippen molar-refractivity contribution in [3.05, 3.63) is 12.7 Å². The Morgan fingerprint density at radius 3 is 2.68 bits per heavy atom. The number of rotatable bonds is 14. The minimum atomic E-state index is -0.600. The monoisotopic (exact) mass is 494 g/mol. The van der Waals surface area contributed by atoms with Crippen LogP contribution in [0.15, 0.2) is 12.7 Å². The number of nitrogens with zero attached hydrogens (tertiary/aromatic N) is 2. The van der Waals surface area contributed by atoms with E-state index in [4.69, 9.17) is 4.74 Å². The lowest BCUT2D eigenvalue weighted by Crippen LogP contribution is -2.57. The molecule has 3 aliphatic rings. The number of carbonyl (C=O) groups is 3. The highest BCUT2D eigenvalue weighted by atomic mass is 32.2. The Morgan fingerprint density at radius 1 is 1.26 bits per heavy atom. The van der Waals surface area contributed by atoms with Crippen molar-refractivity contribution in [2.75, 3.05) is 32.8 Å². The van der Waals surface area contributed by atoms with E-state index >= 15 is 0 Å². The number of esters is 1. The molecule has 3 rings (SSSR count). The number of likely N-dealkylation sites (tertiary alicyclic amines) is 1. The van der Waals surface area contributed by atoms with Gasteiger partial charge < -0.3 is 19.6 Å². The maximum atomic E-state index is 14.2. The van der Waals surface area contributed by atoms with Gasteiger partial charge in [0.15, 0.2) is 0 Å². The first kappa shape index (κ1) is 27.1. The first-order chi connectivity index (χ1) is 16.4. The lowest BCUT2D eigenvalue weighted by molar-refractivity contribution is -0.154. The van der Waals surface area contributed by atoms with Crippen LogP contribution in [-0.4, -0.2) is 81.6 Å². The standard InChI is InChI=1S/C26H42N2O5S/c1-5-8-10-14-27(13-6-2)24(31)22-26-18(4)17-19(34-26)20(25(32)33-7-3)21(26)23(30)28(22)15-11-9-12-16-29/h6,18-22,29H,2,5,7-17H2,1,3-4H3/t18?,19-,20+,21-,22?,26?/m0/s1. The van der Waals surface area contributed by atoms with Crippen LogP contribution in [0.5, 0.6) is 0 Å². The van der Waals surface area contributed by atoms with E-state index in [0.717, 1.165) is 38.5 Å². The summed E-state index contributed by atoms with van der Waals surface area (Å²) in [5, 5.41) is 9.19. The summed E-state index contributed by atoms with van der Waals surface area (Å²) in [6.07, 6.45) is 7.79. The molecular formula is C26H42N2O5S. The molecule has 7 nitrogen and oxygen atoms in total. The quantitative estimate of drug-likeness (QED) is 0.227. The maximum Gasteiger partial charge on any atom is 0.310 e. The van der Waals surface area contributed by atoms with Crippen LogP contribution in [0, 0.1) is 17.8 Å². The van der Waals surface area contributed by atoms with Crippen molar-refractivity contribution in [2.24, 2.45) is 17.8 Å². The molecular weight excluding hydrogens is 452 g/mol. The van der Waals surface area contributed by atoms with Gasteiger partial charge in [-0.15, -0.1) is 18.3 Å². The van der Waals surface area contributed by atoms with Gasteiger partial charge >= 0.3 is 5.97 Å². The summed E-state index contributed by atoms with van der Waals surface area (Å²) in [6, 6.07) is -0.579. The number of unbranched alkanes of at least 4 members (excludes halogenated alkanes) is 4. The van der Waals surface area contributed by atoms with Crippen molar-refractivity contribution < 1.29 is 24.2 Å². The van der Waals surface area contributed by atoms with Gasteiger partial charge in [0.2, 0.25) is 11.8 Å². The number of thioether (sulfide) groups is 1. The van der Waals surface area contributed by atoms with Crippen LogP contribution in [0.1, 0.15) is 65.7 Å². The first-order valence-electron chi connectivity index (χ1n) is 13.0. The highest BCUT2D eigenvalue weighted by molar-refractivity contribution is 8.02. The van der Waals surface area contributed by atoms with Crippen LogP contribution in [-0.2, 0) is 19.1 Å². The number of aliphatic hydroxyl groups is 1. The summed E-state index contributed by atoms with van der Waals surface area (Å²) >= 11 is 1.69. The number of hydrogen-bond acceptors (Lipinski definition) is 6. The van der Waals surface area contributed by atoms with Crippen molar-refractivity contribution in [1.82, 2.24) is 9.80 Å². The van der Waals surface area contributed by atoms with Crippen LogP contribution >= 0.6 is 11.8 Å². The van der Waals surface area contributed by atoms with E-state index in [-0.39, 0.29) is 42.2 Å². The van der Waals surface area contributed by atoms with Crippen LogP contribution in [0.2, 0.25) is 0 Å². The Labute approximate surface area is 208 Å². The zero-order chi connectivity index (χ0) is 24.9. The lowest BCUT2D eigenvalue weighted by Gasteiger charge is -2.40. The fourth-order valence-corrected chi connectivity index (χ4v) is 8.69. The van der Waals surface area contributed by atoms with E-state index in [1.807, 2.05) is 4.90 Å². The summed E-state index contributed by atoms with van der Waals surface area (Å²) in [5.74, 6) is -1.24. The molecule has 3 fully saturated rings. The fraction of sp³-hybridized carbons (Fsp3) is 0.808. The zero-order valence-electron chi connectivity index (χ0n) is 21.0. The molecule has 6 atom stereocenters. The molecule has 192 valence electrons. The molecule has 3 heterocycles. The fourth-order valence-electron chi connectivity index (χ4n) is 6.29. The Bertz CT molecular complexity index is 761. The van der Waals surface area contributed by atoms with Crippen molar-refractivity contribution in [1.29, 1.82) is 0 Å². The first-order valence-corrected chi connectivity index (χ1v) is 13.9. The van der Waals surface area contributed by atoms with E-state index in [2.05, 4.69) is 20.4 Å². The highest BCUT2D eigenvalue weighted by Crippen LogP contribution is 2.68. The number of ether oxygens (including phenoxy) is 1. The summed E-state index contributed by atoms with van der Waals surface area (Å²) in [4.78, 5) is 44.7. The van der Waals surface area contributed by atoms with Gasteiger partial charge in [-0.1, -0.05) is 32.8 Å². The van der Waals surface area contributed by atoms with Gasteiger partial charge in [0.25, 0.3) is 0 Å². The van der Waals surface area contributed by atoms with Gasteiger partial charge in [-0.05, 0) is 44.9 Å². The van der Waals surface area contributed by atoms with Crippen LogP contribution in [0.3, 0.4) is 0 Å². The third kappa shape index (κ3) is 4.77. The summed E-state index contributed by atoms with van der Waals surface area (Å²) in [7, 11) is 0. The highest BCUT2D eigenvalue weighted by Gasteiger charge is 2.76. The third-order valence-electron chi connectivity index (χ3n) is 7.79. The topological polar surface area (TPSA) is 87.2 Å². The van der Waals surface area contributed by atoms with E-state index < -0.39 is 22.6 Å². The number of aliphatic hydroxyl groups excluding tert-OH is 1. The lowest BCUT2D eigenvalue weighted by atomic mass is 9.66. The second-order valence-corrected chi connectivity index (χ2v) is 11.4. The molecule has 3 aliphatic heterocycles.